The lowest BCUT2D eigenvalue weighted by Gasteiger charge is -2.34. The Bertz CT molecular complexity index is 1170. The van der Waals surface area contributed by atoms with Gasteiger partial charge in [0.2, 0.25) is 0 Å². The molecule has 3 aromatic rings. The second-order valence-electron chi connectivity index (χ2n) is 9.53. The van der Waals surface area contributed by atoms with E-state index in [-0.39, 0.29) is 18.8 Å². The van der Waals surface area contributed by atoms with E-state index < -0.39 is 5.60 Å². The van der Waals surface area contributed by atoms with Gasteiger partial charge < -0.3 is 29.5 Å². The Morgan fingerprint density at radius 1 is 1.22 bits per heavy atom. The van der Waals surface area contributed by atoms with Gasteiger partial charge in [0.1, 0.15) is 16.9 Å². The van der Waals surface area contributed by atoms with Crippen LogP contribution >= 0.6 is 0 Å². The van der Waals surface area contributed by atoms with E-state index in [9.17, 15) is 4.79 Å². The SMILES string of the molecule is CC(C)(C)OC(=O)N1CCOC(CNc2nc(-c3ccc(OCCCO)cc3)cc3nccnc23)C1. The van der Waals surface area contributed by atoms with Crippen LogP contribution in [-0.2, 0) is 9.47 Å². The Morgan fingerprint density at radius 3 is 2.75 bits per heavy atom. The standard InChI is InChI=1S/C26H33N5O5/c1-26(2,3)36-25(33)31-11-14-35-20(17-31)16-29-24-23-22(27-9-10-28-23)15-21(30-24)18-5-7-19(8-6-18)34-13-4-12-32/h5-10,15,20,32H,4,11-14,16-17H2,1-3H3,(H,29,30). The van der Waals surface area contributed by atoms with Gasteiger partial charge in [0.25, 0.3) is 0 Å². The molecule has 1 fully saturated rings. The smallest absolute Gasteiger partial charge is 0.410 e. The molecule has 192 valence electrons. The Hall–Kier alpha value is -3.50. The molecule has 1 aliphatic rings. The van der Waals surface area contributed by atoms with E-state index in [2.05, 4.69) is 15.3 Å². The quantitative estimate of drug-likeness (QED) is 0.453. The lowest BCUT2D eigenvalue weighted by Crippen LogP contribution is -2.49. The number of aromatic nitrogens is 3. The summed E-state index contributed by atoms with van der Waals surface area (Å²) in [6, 6.07) is 9.53. The van der Waals surface area contributed by atoms with E-state index in [0.717, 1.165) is 17.0 Å². The molecule has 1 aromatic carbocycles. The average Bonchev–Trinajstić information content (AvgIpc) is 2.87. The third-order valence-electron chi connectivity index (χ3n) is 5.47. The molecule has 2 N–H and O–H groups in total. The summed E-state index contributed by atoms with van der Waals surface area (Å²) in [7, 11) is 0. The molecule has 1 aliphatic heterocycles. The van der Waals surface area contributed by atoms with E-state index in [0.29, 0.717) is 56.1 Å². The molecule has 4 rings (SSSR count). The van der Waals surface area contributed by atoms with Crippen LogP contribution in [-0.4, -0.2) is 82.2 Å². The summed E-state index contributed by atoms with van der Waals surface area (Å²) in [6.07, 6.45) is 3.31. The maximum absolute atomic E-state index is 12.5. The summed E-state index contributed by atoms with van der Waals surface area (Å²) in [4.78, 5) is 27.9. The van der Waals surface area contributed by atoms with E-state index in [1.54, 1.807) is 17.3 Å². The van der Waals surface area contributed by atoms with Crippen molar-refractivity contribution < 1.29 is 24.1 Å². The van der Waals surface area contributed by atoms with Gasteiger partial charge in [-0.05, 0) is 51.1 Å². The van der Waals surface area contributed by atoms with E-state index in [1.807, 2.05) is 51.1 Å². The van der Waals surface area contributed by atoms with Crippen LogP contribution in [0, 0.1) is 0 Å². The number of aliphatic hydroxyl groups excluding tert-OH is 1. The van der Waals surface area contributed by atoms with Crippen LogP contribution in [0.3, 0.4) is 0 Å². The third kappa shape index (κ3) is 6.79. The van der Waals surface area contributed by atoms with Gasteiger partial charge in [0.05, 0.1) is 37.1 Å². The number of morpholine rings is 1. The van der Waals surface area contributed by atoms with Crippen LogP contribution in [0.1, 0.15) is 27.2 Å². The predicted octanol–water partition coefficient (Wildman–Crippen LogP) is 3.50. The summed E-state index contributed by atoms with van der Waals surface area (Å²) in [5, 5.41) is 12.3. The number of hydrogen-bond donors (Lipinski definition) is 2. The topological polar surface area (TPSA) is 119 Å². The maximum Gasteiger partial charge on any atom is 0.410 e. The second kappa shape index (κ2) is 11.5. The van der Waals surface area contributed by atoms with Crippen molar-refractivity contribution in [2.75, 3.05) is 44.8 Å². The molecule has 0 radical (unpaired) electrons. The number of anilines is 1. The van der Waals surface area contributed by atoms with Crippen LogP contribution in [0.15, 0.2) is 42.7 Å². The number of nitrogens with one attached hydrogen (secondary N) is 1. The van der Waals surface area contributed by atoms with Gasteiger partial charge in [0, 0.05) is 44.1 Å². The van der Waals surface area contributed by atoms with Crippen LogP contribution in [0.4, 0.5) is 10.6 Å². The maximum atomic E-state index is 12.5. The van der Waals surface area contributed by atoms with Crippen molar-refractivity contribution in [3.8, 4) is 17.0 Å². The number of fused-ring (bicyclic) bond motifs is 1. The van der Waals surface area contributed by atoms with Crippen LogP contribution in [0.5, 0.6) is 5.75 Å². The average molecular weight is 496 g/mol. The number of ether oxygens (including phenoxy) is 3. The fourth-order valence-electron chi connectivity index (χ4n) is 3.77. The van der Waals surface area contributed by atoms with Gasteiger partial charge in [-0.3, -0.25) is 4.98 Å². The van der Waals surface area contributed by atoms with Gasteiger partial charge in [0.15, 0.2) is 5.82 Å². The molecule has 0 spiro atoms. The molecule has 1 unspecified atom stereocenters. The minimum atomic E-state index is -0.547. The summed E-state index contributed by atoms with van der Waals surface area (Å²) in [6.45, 7) is 7.91. The highest BCUT2D eigenvalue weighted by Gasteiger charge is 2.28. The van der Waals surface area contributed by atoms with Crippen molar-refractivity contribution in [1.82, 2.24) is 19.9 Å². The predicted molar refractivity (Wildman–Crippen MR) is 136 cm³/mol. The molecule has 3 heterocycles. The van der Waals surface area contributed by atoms with E-state index >= 15 is 0 Å². The molecule has 10 heteroatoms. The van der Waals surface area contributed by atoms with Crippen LogP contribution in [0.2, 0.25) is 0 Å². The molecule has 0 aliphatic carbocycles. The van der Waals surface area contributed by atoms with Gasteiger partial charge in [-0.15, -0.1) is 0 Å². The highest BCUT2D eigenvalue weighted by atomic mass is 16.6. The minimum absolute atomic E-state index is 0.0981. The number of pyridine rings is 1. The summed E-state index contributed by atoms with van der Waals surface area (Å²) in [5.41, 5.74) is 2.48. The largest absolute Gasteiger partial charge is 0.494 e. The minimum Gasteiger partial charge on any atom is -0.494 e. The summed E-state index contributed by atoms with van der Waals surface area (Å²) in [5.74, 6) is 1.33. The van der Waals surface area contributed by atoms with Crippen molar-refractivity contribution in [2.24, 2.45) is 0 Å². The first kappa shape index (κ1) is 25.6. The first-order chi connectivity index (χ1) is 17.3. The van der Waals surface area contributed by atoms with Crippen molar-refractivity contribution in [1.29, 1.82) is 0 Å². The monoisotopic (exact) mass is 495 g/mol. The van der Waals surface area contributed by atoms with Crippen LogP contribution < -0.4 is 10.1 Å². The van der Waals surface area contributed by atoms with Crippen molar-refractivity contribution in [3.63, 3.8) is 0 Å². The first-order valence-electron chi connectivity index (χ1n) is 12.1. The second-order valence-corrected chi connectivity index (χ2v) is 9.53. The number of hydrogen-bond acceptors (Lipinski definition) is 9. The van der Waals surface area contributed by atoms with E-state index in [4.69, 9.17) is 24.3 Å². The fraction of sp³-hybridized carbons (Fsp3) is 0.462. The molecule has 0 bridgehead atoms. The lowest BCUT2D eigenvalue weighted by molar-refractivity contribution is -0.0371. The number of aliphatic hydroxyl groups is 1. The summed E-state index contributed by atoms with van der Waals surface area (Å²) >= 11 is 0. The number of nitrogens with zero attached hydrogens (tertiary/aromatic N) is 4. The van der Waals surface area contributed by atoms with Gasteiger partial charge in [-0.2, -0.15) is 0 Å². The molecule has 2 aromatic heterocycles. The zero-order valence-corrected chi connectivity index (χ0v) is 20.9. The molecule has 1 atom stereocenters. The Labute approximate surface area is 210 Å². The van der Waals surface area contributed by atoms with Gasteiger partial charge in [-0.1, -0.05) is 0 Å². The number of amides is 1. The third-order valence-corrected chi connectivity index (χ3v) is 5.47. The number of rotatable bonds is 8. The molecule has 0 saturated carbocycles. The van der Waals surface area contributed by atoms with Crippen molar-refractivity contribution >= 4 is 22.9 Å². The molecule has 1 amide bonds. The van der Waals surface area contributed by atoms with Crippen molar-refractivity contribution in [3.05, 3.63) is 42.7 Å². The summed E-state index contributed by atoms with van der Waals surface area (Å²) < 4.78 is 17.0. The zero-order chi connectivity index (χ0) is 25.5. The molecule has 36 heavy (non-hydrogen) atoms. The van der Waals surface area contributed by atoms with Crippen LogP contribution in [0.25, 0.3) is 22.3 Å². The molecule has 10 nitrogen and oxygen atoms in total. The Morgan fingerprint density at radius 2 is 2.00 bits per heavy atom. The molecule has 1 saturated heterocycles. The Kier molecular flexibility index (Phi) is 8.17. The van der Waals surface area contributed by atoms with Crippen molar-refractivity contribution in [2.45, 2.75) is 38.9 Å². The van der Waals surface area contributed by atoms with Gasteiger partial charge >= 0.3 is 6.09 Å². The highest BCUT2D eigenvalue weighted by molar-refractivity contribution is 5.88. The zero-order valence-electron chi connectivity index (χ0n) is 20.9. The highest BCUT2D eigenvalue weighted by Crippen LogP contribution is 2.27. The van der Waals surface area contributed by atoms with E-state index in [1.165, 1.54) is 0 Å². The van der Waals surface area contributed by atoms with Gasteiger partial charge in [-0.25, -0.2) is 14.8 Å². The molecular formula is C26H33N5O5. The normalized spacial score (nSPS) is 16.1. The lowest BCUT2D eigenvalue weighted by atomic mass is 10.1. The first-order valence-corrected chi connectivity index (χ1v) is 12.1. The fourth-order valence-corrected chi connectivity index (χ4v) is 3.77. The number of carbonyl (C=O) groups is 1. The Balaban J connectivity index is 1.48. The number of carbonyl (C=O) groups excluding carboxylic acids is 1. The number of benzene rings is 1. The molecular weight excluding hydrogens is 462 g/mol.